The summed E-state index contributed by atoms with van der Waals surface area (Å²) < 4.78 is 0. The first-order chi connectivity index (χ1) is 8.36. The van der Waals surface area contributed by atoms with Crippen LogP contribution < -0.4 is 10.2 Å². The number of hydrogen-bond acceptors (Lipinski definition) is 3. The highest BCUT2D eigenvalue weighted by Crippen LogP contribution is 2.33. The summed E-state index contributed by atoms with van der Waals surface area (Å²) in [5.74, 6) is 0. The molecule has 0 spiro atoms. The van der Waals surface area contributed by atoms with E-state index in [9.17, 15) is 0 Å². The molecule has 0 aromatic heterocycles. The molecule has 0 fully saturated rings. The fourth-order valence-electron chi connectivity index (χ4n) is 2.58. The van der Waals surface area contributed by atoms with Gasteiger partial charge in [-0.2, -0.15) is 0 Å². The molecule has 2 rings (SSSR count). The monoisotopic (exact) mass is 234 g/mol. The van der Waals surface area contributed by atoms with Crippen LogP contribution in [0.25, 0.3) is 0 Å². The molecule has 1 heterocycles. The Morgan fingerprint density at radius 2 is 2.24 bits per heavy atom. The smallest absolute Gasteiger partial charge is 0.0447 e. The molecule has 1 aromatic rings. The molecular weight excluding hydrogens is 212 g/mol. The molecule has 3 nitrogen and oxygen atoms in total. The van der Waals surface area contributed by atoms with Crippen molar-refractivity contribution in [3.63, 3.8) is 0 Å². The zero-order valence-electron chi connectivity index (χ0n) is 10.5. The lowest BCUT2D eigenvalue weighted by Crippen LogP contribution is -2.36. The van der Waals surface area contributed by atoms with Crippen LogP contribution >= 0.6 is 0 Å². The molecule has 0 saturated heterocycles. The number of aliphatic hydroxyl groups excluding tert-OH is 1. The minimum atomic E-state index is 0.273. The molecule has 1 aliphatic heterocycles. The summed E-state index contributed by atoms with van der Waals surface area (Å²) in [4.78, 5) is 2.39. The molecule has 0 amide bonds. The second-order valence-corrected chi connectivity index (χ2v) is 4.52. The van der Waals surface area contributed by atoms with Gasteiger partial charge in [0, 0.05) is 31.4 Å². The third-order valence-corrected chi connectivity index (χ3v) is 3.38. The lowest BCUT2D eigenvalue weighted by atomic mass is 9.96. The minimum Gasteiger partial charge on any atom is -0.396 e. The fraction of sp³-hybridized carbons (Fsp3) is 0.571. The number of benzene rings is 1. The van der Waals surface area contributed by atoms with Crippen molar-refractivity contribution in [3.8, 4) is 0 Å². The molecule has 1 unspecified atom stereocenters. The van der Waals surface area contributed by atoms with Gasteiger partial charge in [-0.05, 0) is 31.0 Å². The Labute approximate surface area is 103 Å². The van der Waals surface area contributed by atoms with Gasteiger partial charge in [-0.15, -0.1) is 0 Å². The predicted octanol–water partition coefficient (Wildman–Crippen LogP) is 1.93. The maximum Gasteiger partial charge on any atom is 0.0447 e. The lowest BCUT2D eigenvalue weighted by molar-refractivity contribution is 0.288. The molecule has 3 heteroatoms. The summed E-state index contributed by atoms with van der Waals surface area (Å²) in [7, 11) is 0. The van der Waals surface area contributed by atoms with Gasteiger partial charge in [-0.25, -0.2) is 0 Å². The van der Waals surface area contributed by atoms with E-state index in [-0.39, 0.29) is 6.61 Å². The quantitative estimate of drug-likeness (QED) is 0.817. The van der Waals surface area contributed by atoms with Crippen molar-refractivity contribution in [1.82, 2.24) is 5.32 Å². The number of fused-ring (bicyclic) bond motifs is 1. The molecule has 0 aliphatic carbocycles. The topological polar surface area (TPSA) is 35.5 Å². The van der Waals surface area contributed by atoms with E-state index in [0.717, 1.165) is 32.5 Å². The molecule has 0 bridgehead atoms. The Balaban J connectivity index is 2.17. The number of nitrogens with one attached hydrogen (secondary N) is 1. The summed E-state index contributed by atoms with van der Waals surface area (Å²) in [6.45, 7) is 5.47. The van der Waals surface area contributed by atoms with Crippen molar-refractivity contribution in [1.29, 1.82) is 0 Å². The van der Waals surface area contributed by atoms with Crippen LogP contribution in [0.3, 0.4) is 0 Å². The molecule has 1 aliphatic rings. The van der Waals surface area contributed by atoms with Crippen molar-refractivity contribution >= 4 is 5.69 Å². The number of para-hydroxylation sites is 1. The van der Waals surface area contributed by atoms with Crippen LogP contribution in [0, 0.1) is 0 Å². The van der Waals surface area contributed by atoms with Crippen LogP contribution in [-0.2, 0) is 0 Å². The van der Waals surface area contributed by atoms with E-state index in [1.165, 1.54) is 11.3 Å². The first-order valence-electron chi connectivity index (χ1n) is 6.55. The van der Waals surface area contributed by atoms with Crippen molar-refractivity contribution in [2.24, 2.45) is 0 Å². The zero-order valence-corrected chi connectivity index (χ0v) is 10.5. The fourth-order valence-corrected chi connectivity index (χ4v) is 2.58. The van der Waals surface area contributed by atoms with E-state index < -0.39 is 0 Å². The van der Waals surface area contributed by atoms with Crippen molar-refractivity contribution in [3.05, 3.63) is 29.8 Å². The Morgan fingerprint density at radius 1 is 1.41 bits per heavy atom. The predicted molar refractivity (Wildman–Crippen MR) is 71.4 cm³/mol. The molecule has 94 valence electrons. The summed E-state index contributed by atoms with van der Waals surface area (Å²) in [6.07, 6.45) is 2.00. The van der Waals surface area contributed by atoms with Crippen LogP contribution in [0.15, 0.2) is 24.3 Å². The molecule has 1 atom stereocenters. The van der Waals surface area contributed by atoms with Crippen molar-refractivity contribution in [2.75, 3.05) is 31.1 Å². The molecule has 0 radical (unpaired) electrons. The standard InChI is InChI=1S/C14H22N2O/c1-2-15-13-8-10-16(9-5-11-17)14-7-4-3-6-12(13)14/h3-4,6-7,13,15,17H,2,5,8-11H2,1H3. The average molecular weight is 234 g/mol. The number of aliphatic hydroxyl groups is 1. The van der Waals surface area contributed by atoms with E-state index in [2.05, 4.69) is 41.4 Å². The van der Waals surface area contributed by atoms with E-state index in [1.54, 1.807) is 0 Å². The molecular formula is C14H22N2O. The molecule has 1 aromatic carbocycles. The van der Waals surface area contributed by atoms with Gasteiger partial charge in [0.2, 0.25) is 0 Å². The summed E-state index contributed by atoms with van der Waals surface area (Å²) >= 11 is 0. The summed E-state index contributed by atoms with van der Waals surface area (Å²) in [5.41, 5.74) is 2.73. The van der Waals surface area contributed by atoms with Gasteiger partial charge in [0.05, 0.1) is 0 Å². The average Bonchev–Trinajstić information content (AvgIpc) is 2.38. The molecule has 0 saturated carbocycles. The van der Waals surface area contributed by atoms with Crippen LogP contribution in [0.4, 0.5) is 5.69 Å². The van der Waals surface area contributed by atoms with Gasteiger partial charge >= 0.3 is 0 Å². The second kappa shape index (κ2) is 6.03. The third kappa shape index (κ3) is 2.79. The van der Waals surface area contributed by atoms with Gasteiger partial charge in [-0.1, -0.05) is 25.1 Å². The van der Waals surface area contributed by atoms with Crippen molar-refractivity contribution < 1.29 is 5.11 Å². The largest absolute Gasteiger partial charge is 0.396 e. The van der Waals surface area contributed by atoms with Crippen LogP contribution in [-0.4, -0.2) is 31.3 Å². The van der Waals surface area contributed by atoms with Crippen LogP contribution in [0.2, 0.25) is 0 Å². The summed E-state index contributed by atoms with van der Waals surface area (Å²) in [5, 5.41) is 12.5. The highest BCUT2D eigenvalue weighted by atomic mass is 16.3. The van der Waals surface area contributed by atoms with Gasteiger partial charge in [-0.3, -0.25) is 0 Å². The van der Waals surface area contributed by atoms with Crippen molar-refractivity contribution in [2.45, 2.75) is 25.8 Å². The lowest BCUT2D eigenvalue weighted by Gasteiger charge is -2.36. The number of nitrogens with zero attached hydrogens (tertiary/aromatic N) is 1. The zero-order chi connectivity index (χ0) is 12.1. The first kappa shape index (κ1) is 12.4. The van der Waals surface area contributed by atoms with E-state index in [0.29, 0.717) is 6.04 Å². The Kier molecular flexibility index (Phi) is 4.40. The maximum atomic E-state index is 8.94. The van der Waals surface area contributed by atoms with Gasteiger partial charge in [0.15, 0.2) is 0 Å². The van der Waals surface area contributed by atoms with E-state index >= 15 is 0 Å². The highest BCUT2D eigenvalue weighted by Gasteiger charge is 2.23. The van der Waals surface area contributed by atoms with Gasteiger partial charge in [0.1, 0.15) is 0 Å². The maximum absolute atomic E-state index is 8.94. The summed E-state index contributed by atoms with van der Waals surface area (Å²) in [6, 6.07) is 9.10. The molecule has 17 heavy (non-hydrogen) atoms. The highest BCUT2D eigenvalue weighted by molar-refractivity contribution is 5.56. The molecule has 2 N–H and O–H groups in total. The van der Waals surface area contributed by atoms with E-state index in [4.69, 9.17) is 5.11 Å². The van der Waals surface area contributed by atoms with Gasteiger partial charge < -0.3 is 15.3 Å². The third-order valence-electron chi connectivity index (χ3n) is 3.38. The second-order valence-electron chi connectivity index (χ2n) is 4.52. The van der Waals surface area contributed by atoms with E-state index in [1.807, 2.05) is 0 Å². The normalized spacial score (nSPS) is 19.2. The van der Waals surface area contributed by atoms with Crippen LogP contribution in [0.5, 0.6) is 0 Å². The number of anilines is 1. The first-order valence-corrected chi connectivity index (χ1v) is 6.55. The number of hydrogen-bond donors (Lipinski definition) is 2. The Morgan fingerprint density at radius 3 is 3.00 bits per heavy atom. The van der Waals surface area contributed by atoms with Gasteiger partial charge in [0.25, 0.3) is 0 Å². The Bertz CT molecular complexity index is 354. The van der Waals surface area contributed by atoms with Crippen LogP contribution in [0.1, 0.15) is 31.4 Å². The number of rotatable bonds is 5. The SMILES string of the molecule is CCNC1CCN(CCCO)c2ccccc21. The Hall–Kier alpha value is -1.06. The minimum absolute atomic E-state index is 0.273.